The highest BCUT2D eigenvalue weighted by molar-refractivity contribution is 5.81. The number of anilines is 1. The summed E-state index contributed by atoms with van der Waals surface area (Å²) in [4.78, 5) is 27.7. The number of halogens is 1. The lowest BCUT2D eigenvalue weighted by Crippen LogP contribution is -2.52. The molecule has 0 bridgehead atoms. The van der Waals surface area contributed by atoms with E-state index in [1.165, 1.54) is 12.1 Å². The lowest BCUT2D eigenvalue weighted by molar-refractivity contribution is -0.137. The van der Waals surface area contributed by atoms with Crippen LogP contribution in [0.3, 0.4) is 0 Å². The Balaban J connectivity index is 1.40. The van der Waals surface area contributed by atoms with Crippen molar-refractivity contribution in [1.29, 1.82) is 0 Å². The first-order valence-corrected chi connectivity index (χ1v) is 9.57. The number of rotatable bonds is 5. The molecule has 3 aromatic rings. The van der Waals surface area contributed by atoms with E-state index >= 15 is 0 Å². The largest absolute Gasteiger partial charge is 0.397 e. The maximum atomic E-state index is 13.2. The zero-order valence-corrected chi connectivity index (χ0v) is 16.1. The first-order valence-electron chi connectivity index (χ1n) is 9.57. The molecule has 3 heterocycles. The number of pyridine rings is 1. The van der Waals surface area contributed by atoms with Crippen molar-refractivity contribution in [3.05, 3.63) is 72.2 Å². The molecule has 1 aliphatic heterocycles. The number of likely N-dealkylation sites (tertiary alicyclic amines) is 1. The van der Waals surface area contributed by atoms with E-state index in [4.69, 9.17) is 5.73 Å². The van der Waals surface area contributed by atoms with Crippen LogP contribution < -0.4 is 5.73 Å². The number of benzene rings is 1. The summed E-state index contributed by atoms with van der Waals surface area (Å²) in [6.07, 6.45) is 3.62. The van der Waals surface area contributed by atoms with Crippen molar-refractivity contribution in [2.24, 2.45) is 5.92 Å². The van der Waals surface area contributed by atoms with E-state index in [1.54, 1.807) is 42.7 Å². The lowest BCUT2D eigenvalue weighted by Gasteiger charge is -2.42. The minimum Gasteiger partial charge on any atom is -0.397 e. The summed E-state index contributed by atoms with van der Waals surface area (Å²) in [5.74, 6) is 1.05. The van der Waals surface area contributed by atoms with Crippen LogP contribution in [0.15, 0.2) is 54.9 Å². The molecule has 1 aromatic carbocycles. The van der Waals surface area contributed by atoms with Crippen molar-refractivity contribution in [3.8, 4) is 11.3 Å². The molecule has 2 aromatic heterocycles. The molecule has 1 atom stereocenters. The molecule has 0 radical (unpaired) electrons. The number of hydrogen-bond acceptors (Lipinski definition) is 5. The normalized spacial score (nSPS) is 15.0. The van der Waals surface area contributed by atoms with Gasteiger partial charge in [0.15, 0.2) is 0 Å². The second kappa shape index (κ2) is 7.95. The Hall–Kier alpha value is -3.35. The van der Waals surface area contributed by atoms with Crippen LogP contribution in [-0.4, -0.2) is 38.8 Å². The van der Waals surface area contributed by atoms with Crippen molar-refractivity contribution in [2.75, 3.05) is 18.8 Å². The van der Waals surface area contributed by atoms with Gasteiger partial charge in [0.05, 0.1) is 23.5 Å². The number of carbonyl (C=O) groups excluding carboxylic acids is 1. The van der Waals surface area contributed by atoms with Crippen LogP contribution >= 0.6 is 0 Å². The van der Waals surface area contributed by atoms with Crippen LogP contribution in [0.5, 0.6) is 0 Å². The molecule has 1 amide bonds. The summed E-state index contributed by atoms with van der Waals surface area (Å²) in [6, 6.07) is 11.4. The smallest absolute Gasteiger partial charge is 0.228 e. The van der Waals surface area contributed by atoms with Gasteiger partial charge in [-0.05, 0) is 42.5 Å². The molecular formula is C22H22FN5O. The van der Waals surface area contributed by atoms with Gasteiger partial charge in [0, 0.05) is 42.9 Å². The van der Waals surface area contributed by atoms with Gasteiger partial charge in [-0.2, -0.15) is 0 Å². The molecule has 0 saturated carbocycles. The quantitative estimate of drug-likeness (QED) is 0.723. The summed E-state index contributed by atoms with van der Waals surface area (Å²) >= 11 is 0. The van der Waals surface area contributed by atoms with E-state index < -0.39 is 0 Å². The van der Waals surface area contributed by atoms with Crippen molar-refractivity contribution in [3.63, 3.8) is 0 Å². The van der Waals surface area contributed by atoms with Crippen molar-refractivity contribution >= 4 is 11.6 Å². The number of aromatic nitrogens is 3. The van der Waals surface area contributed by atoms with Crippen molar-refractivity contribution in [1.82, 2.24) is 19.9 Å². The number of nitrogen functional groups attached to an aromatic ring is 1. The molecule has 4 rings (SSSR count). The maximum absolute atomic E-state index is 13.2. The van der Waals surface area contributed by atoms with Crippen LogP contribution in [0.25, 0.3) is 11.3 Å². The zero-order valence-electron chi connectivity index (χ0n) is 16.1. The highest BCUT2D eigenvalue weighted by Gasteiger charge is 2.35. The predicted molar refractivity (Wildman–Crippen MR) is 108 cm³/mol. The van der Waals surface area contributed by atoms with Crippen LogP contribution in [0, 0.1) is 11.7 Å². The summed E-state index contributed by atoms with van der Waals surface area (Å²) < 4.78 is 13.2. The molecule has 1 unspecified atom stereocenters. The standard InChI is InChI=1S/C22H22FN5O/c1-14(22-25-9-2-10-26-22)16-12-28(13-16)21(29)11-20-18(24)7-8-19(27-20)15-3-5-17(23)6-4-15/h2-10,14,16H,11-13,24H2,1H3. The third-order valence-corrected chi connectivity index (χ3v) is 5.43. The van der Waals surface area contributed by atoms with Crippen molar-refractivity contribution < 1.29 is 9.18 Å². The fourth-order valence-corrected chi connectivity index (χ4v) is 3.48. The molecule has 1 fully saturated rings. The van der Waals surface area contributed by atoms with E-state index in [0.717, 1.165) is 11.4 Å². The van der Waals surface area contributed by atoms with Gasteiger partial charge in [-0.15, -0.1) is 0 Å². The number of amides is 1. The lowest BCUT2D eigenvalue weighted by atomic mass is 9.86. The topological polar surface area (TPSA) is 85.0 Å². The minimum absolute atomic E-state index is 0.00196. The predicted octanol–water partition coefficient (Wildman–Crippen LogP) is 3.06. The van der Waals surface area contributed by atoms with Gasteiger partial charge in [-0.1, -0.05) is 6.92 Å². The van der Waals surface area contributed by atoms with E-state index in [0.29, 0.717) is 36.1 Å². The SMILES string of the molecule is CC(c1ncccn1)C1CN(C(=O)Cc2nc(-c3ccc(F)cc3)ccc2N)C1. The van der Waals surface area contributed by atoms with Gasteiger partial charge in [0.1, 0.15) is 11.6 Å². The Morgan fingerprint density at radius 3 is 2.55 bits per heavy atom. The second-order valence-corrected chi connectivity index (χ2v) is 7.37. The molecular weight excluding hydrogens is 369 g/mol. The van der Waals surface area contributed by atoms with E-state index in [2.05, 4.69) is 21.9 Å². The maximum Gasteiger partial charge on any atom is 0.228 e. The van der Waals surface area contributed by atoms with Crippen LogP contribution in [0.4, 0.5) is 10.1 Å². The molecule has 1 saturated heterocycles. The number of nitrogens with zero attached hydrogens (tertiary/aromatic N) is 4. The van der Waals surface area contributed by atoms with Gasteiger partial charge in [-0.3, -0.25) is 9.78 Å². The Morgan fingerprint density at radius 1 is 1.17 bits per heavy atom. The first-order chi connectivity index (χ1) is 14.0. The first kappa shape index (κ1) is 19.0. The van der Waals surface area contributed by atoms with Gasteiger partial charge in [0.2, 0.25) is 5.91 Å². The highest BCUT2D eigenvalue weighted by atomic mass is 19.1. The third kappa shape index (κ3) is 4.08. The molecule has 6 nitrogen and oxygen atoms in total. The minimum atomic E-state index is -0.304. The second-order valence-electron chi connectivity index (χ2n) is 7.37. The Bertz CT molecular complexity index is 1000. The Morgan fingerprint density at radius 2 is 1.86 bits per heavy atom. The molecule has 0 aliphatic carbocycles. The van der Waals surface area contributed by atoms with Gasteiger partial charge in [0.25, 0.3) is 0 Å². The van der Waals surface area contributed by atoms with E-state index in [9.17, 15) is 9.18 Å². The fourth-order valence-electron chi connectivity index (χ4n) is 3.48. The molecule has 0 spiro atoms. The molecule has 2 N–H and O–H groups in total. The highest BCUT2D eigenvalue weighted by Crippen LogP contribution is 2.30. The van der Waals surface area contributed by atoms with Crippen molar-refractivity contribution in [2.45, 2.75) is 19.3 Å². The molecule has 148 valence electrons. The summed E-state index contributed by atoms with van der Waals surface area (Å²) in [7, 11) is 0. The van der Waals surface area contributed by atoms with Crippen LogP contribution in [-0.2, 0) is 11.2 Å². The molecule has 1 aliphatic rings. The zero-order chi connectivity index (χ0) is 20.4. The number of carbonyl (C=O) groups is 1. The Kier molecular flexibility index (Phi) is 5.20. The molecule has 7 heteroatoms. The summed E-state index contributed by atoms with van der Waals surface area (Å²) in [5.41, 5.74) is 8.51. The number of hydrogen-bond donors (Lipinski definition) is 1. The van der Waals surface area contributed by atoms with E-state index in [1.807, 2.05) is 4.90 Å². The molecule has 29 heavy (non-hydrogen) atoms. The van der Waals surface area contributed by atoms with Gasteiger partial charge in [-0.25, -0.2) is 14.4 Å². The van der Waals surface area contributed by atoms with Crippen LogP contribution in [0.1, 0.15) is 24.4 Å². The Labute approximate surface area is 168 Å². The summed E-state index contributed by atoms with van der Waals surface area (Å²) in [5, 5.41) is 0. The monoisotopic (exact) mass is 391 g/mol. The average molecular weight is 391 g/mol. The van der Waals surface area contributed by atoms with Gasteiger partial charge < -0.3 is 10.6 Å². The fraction of sp³-hybridized carbons (Fsp3) is 0.273. The number of nitrogens with two attached hydrogens (primary N) is 1. The summed E-state index contributed by atoms with van der Waals surface area (Å²) in [6.45, 7) is 3.44. The van der Waals surface area contributed by atoms with Crippen LogP contribution in [0.2, 0.25) is 0 Å². The third-order valence-electron chi connectivity index (χ3n) is 5.43. The van der Waals surface area contributed by atoms with Gasteiger partial charge >= 0.3 is 0 Å². The average Bonchev–Trinajstić information content (AvgIpc) is 2.70. The van der Waals surface area contributed by atoms with E-state index in [-0.39, 0.29) is 24.1 Å².